The summed E-state index contributed by atoms with van der Waals surface area (Å²) < 4.78 is 5.83. The van der Waals surface area contributed by atoms with Gasteiger partial charge in [0.05, 0.1) is 79.1 Å². The Balaban J connectivity index is 0.000000150. The summed E-state index contributed by atoms with van der Waals surface area (Å²) in [6, 6.07) is 33.5. The maximum atomic E-state index is 13.7. The minimum Gasteiger partial charge on any atom is -0.460 e. The first-order chi connectivity index (χ1) is 54.2. The molecule has 0 fully saturated rings. The summed E-state index contributed by atoms with van der Waals surface area (Å²) in [6.45, 7) is 7.59. The van der Waals surface area contributed by atoms with Crippen molar-refractivity contribution in [3.8, 4) is 0 Å². The van der Waals surface area contributed by atoms with Crippen LogP contribution in [0.5, 0.6) is 0 Å². The quantitative estimate of drug-likeness (QED) is 0.0489. The van der Waals surface area contributed by atoms with Crippen molar-refractivity contribution in [2.45, 2.75) is 123 Å². The molecule has 15 aromatic rings. The Labute approximate surface area is 654 Å². The fraction of sp³-hybridized carbons (Fsp3) is 0.261. The highest BCUT2D eigenvalue weighted by atomic mass is 32.1. The van der Waals surface area contributed by atoms with Gasteiger partial charge in [-0.2, -0.15) is 0 Å². The van der Waals surface area contributed by atoms with Gasteiger partial charge in [0.15, 0.2) is 32.6 Å². The van der Waals surface area contributed by atoms with Gasteiger partial charge in [0.2, 0.25) is 38.5 Å². The van der Waals surface area contributed by atoms with Crippen LogP contribution in [0, 0.1) is 5.92 Å². The van der Waals surface area contributed by atoms with E-state index in [0.717, 1.165) is 34.0 Å². The zero-order valence-corrected chi connectivity index (χ0v) is 64.7. The molecule has 12 aromatic carbocycles. The molecular weight excluding hydrogens is 1520 g/mol. The number of aliphatic hydroxyl groups is 4. The molecule has 0 aliphatic heterocycles. The highest BCUT2D eigenvalue weighted by Gasteiger charge is 2.32. The Bertz CT molecular complexity index is 7330. The van der Waals surface area contributed by atoms with E-state index in [1.165, 1.54) is 44.0 Å². The van der Waals surface area contributed by atoms with Gasteiger partial charge in [0, 0.05) is 129 Å². The average Bonchev–Trinajstić information content (AvgIpc) is 1.56. The van der Waals surface area contributed by atoms with E-state index in [0.29, 0.717) is 29.5 Å². The van der Waals surface area contributed by atoms with Crippen molar-refractivity contribution in [2.75, 3.05) is 20.2 Å². The molecule has 0 bridgehead atoms. The Morgan fingerprint density at radius 2 is 0.658 bits per heavy atom. The first-order valence-electron chi connectivity index (χ1n) is 36.6. The predicted molar refractivity (Wildman–Crippen MR) is 447 cm³/mol. The first kappa shape index (κ1) is 80.3. The molecule has 0 radical (unpaired) electrons. The molecule has 0 aliphatic rings. The molecule has 4 N–H and O–H groups in total. The summed E-state index contributed by atoms with van der Waals surface area (Å²) >= 11 is 2.66. The Kier molecular flexibility index (Phi) is 22.6. The number of hydrogen-bond donors (Lipinski definition) is 4. The van der Waals surface area contributed by atoms with Crippen molar-refractivity contribution in [2.24, 2.45) is 5.92 Å². The second kappa shape index (κ2) is 32.0. The van der Waals surface area contributed by atoms with Crippen LogP contribution >= 0.6 is 34.0 Å². The van der Waals surface area contributed by atoms with Gasteiger partial charge in [-0.05, 0) is 100 Å². The molecule has 26 heteroatoms. The second-order valence-electron chi connectivity index (χ2n) is 29.6. The number of carbonyl (C=O) groups excluding carboxylic acids is 5. The zero-order chi connectivity index (χ0) is 82.0. The van der Waals surface area contributed by atoms with E-state index < -0.39 is 90.1 Å². The highest BCUT2D eigenvalue weighted by molar-refractivity contribution is 7.26. The van der Waals surface area contributed by atoms with E-state index in [4.69, 9.17) is 9.84 Å². The fourth-order valence-electron chi connectivity index (χ4n) is 14.5. The lowest BCUT2D eigenvalue weighted by Crippen LogP contribution is -2.47. The number of benzene rings is 12. The number of likely N-dealkylation sites (N-methyl/N-ethyl adjacent to an activating group) is 1. The zero-order valence-electron chi connectivity index (χ0n) is 62.2. The van der Waals surface area contributed by atoms with Crippen LogP contribution < -0.4 is 65.1 Å². The largest absolute Gasteiger partial charge is 0.460 e. The molecule has 1 amide bonds. The van der Waals surface area contributed by atoms with E-state index in [1.807, 2.05) is 0 Å². The molecule has 15 rings (SSSR count). The Morgan fingerprint density at radius 1 is 0.377 bits per heavy atom. The molecule has 4 atom stereocenters. The maximum absolute atomic E-state index is 13.7. The Morgan fingerprint density at radius 3 is 0.956 bits per heavy atom. The smallest absolute Gasteiger partial charge is 0.306 e. The summed E-state index contributed by atoms with van der Waals surface area (Å²) in [5.74, 6) is -1.69. The summed E-state index contributed by atoms with van der Waals surface area (Å²) in [4.78, 5) is 221. The molecule has 0 unspecified atom stereocenters. The number of ether oxygens (including phenoxy) is 1. The minimum atomic E-state index is -1.56. The molecule has 0 spiro atoms. The molecule has 0 saturated carbocycles. The third-order valence-electron chi connectivity index (χ3n) is 20.6. The van der Waals surface area contributed by atoms with Crippen molar-refractivity contribution < 1.29 is 49.1 Å². The third-order valence-corrected chi connectivity index (χ3v) is 24.2. The minimum absolute atomic E-state index is 0.0000349. The maximum Gasteiger partial charge on any atom is 0.306 e. The van der Waals surface area contributed by atoms with Crippen LogP contribution in [0.2, 0.25) is 0 Å². The van der Waals surface area contributed by atoms with E-state index in [-0.39, 0.29) is 224 Å². The molecule has 3 heterocycles. The first-order valence-corrected chi connectivity index (χ1v) is 39.0. The van der Waals surface area contributed by atoms with Crippen molar-refractivity contribution in [1.82, 2.24) is 4.90 Å². The van der Waals surface area contributed by atoms with E-state index in [9.17, 15) is 96.8 Å². The summed E-state index contributed by atoms with van der Waals surface area (Å²) in [6.07, 6.45) is -2.69. The summed E-state index contributed by atoms with van der Waals surface area (Å²) in [5, 5.41) is 41.9. The number of rotatable bonds is 21. The molecule has 3 aromatic heterocycles. The van der Waals surface area contributed by atoms with Gasteiger partial charge >= 0.3 is 5.97 Å². The van der Waals surface area contributed by atoms with E-state index >= 15 is 0 Å². The number of carbonyl (C=O) groups is 5. The number of thiophene rings is 3. The van der Waals surface area contributed by atoms with Crippen molar-refractivity contribution >= 4 is 188 Å². The topological polar surface area (TPSA) is 384 Å². The molecule has 114 heavy (non-hydrogen) atoms. The van der Waals surface area contributed by atoms with E-state index in [2.05, 4.69) is 0 Å². The average molecular weight is 1590 g/mol. The third kappa shape index (κ3) is 15.0. The highest BCUT2D eigenvalue weighted by Crippen LogP contribution is 2.33. The number of amides is 1. The fourth-order valence-corrected chi connectivity index (χ4v) is 18.1. The van der Waals surface area contributed by atoms with Crippen molar-refractivity contribution in [3.05, 3.63) is 267 Å². The van der Waals surface area contributed by atoms with Crippen LogP contribution in [0.25, 0.3) is 125 Å². The van der Waals surface area contributed by atoms with Crippen LogP contribution in [-0.2, 0) is 48.0 Å². The second-order valence-corrected chi connectivity index (χ2v) is 32.7. The number of Topliss-reactive ketones (excluding diaryl/α,β-unsaturated/α-hetero) is 3. The standard InChI is InChI=1S/C31H29NO9S.C30H24O7S.C27H18O6S/c1-14(13-33)24(36)29(41)20(34)12-32(2)21(35)10-8-15-7-9-18-19(11-15)26(38)23-22-25(37)16-5-3-4-6-17(16)27(39)30(22)42-31(23)28(18)40;1-30(2,3)37-21(32)13-11-16(31)10-8-15-9-12-19-20(14-15)25(34)23-22-24(33)17-6-4-5-7-18(17)26(35)28(22)38-29(23)27(19)36;1-13(28)6-9-15(29)10-7-14-8-11-18-19(12-14)23(31)21-20-22(30)16-4-2-3-5-17(16)24(32)26(20)34-27(21)25(18)33/h3-7,9,11,14,20,24,29,33-34,36,41H,8,10,12-13H2,1-2H3;4-7,9,12,14H,8,10-11,13H2,1-3H3;2-5,8,11-12H,6-7,9-10H2,1H3/t14-,20+,24-,29-;;/m1../s1. The van der Waals surface area contributed by atoms with Crippen molar-refractivity contribution in [1.29, 1.82) is 0 Å². The van der Waals surface area contributed by atoms with Crippen LogP contribution in [0.4, 0.5) is 0 Å². The van der Waals surface area contributed by atoms with Crippen LogP contribution in [-0.4, -0.2) is 98.7 Å². The summed E-state index contributed by atoms with van der Waals surface area (Å²) in [7, 11) is 1.44. The molecular formula is C88H71NO22S3. The van der Waals surface area contributed by atoms with E-state index in [1.54, 1.807) is 130 Å². The number of esters is 1. The molecule has 23 nitrogen and oxygen atoms in total. The number of nitrogens with zero attached hydrogens (tertiary/aromatic N) is 1. The lowest BCUT2D eigenvalue weighted by molar-refractivity contribution is -0.155. The van der Waals surface area contributed by atoms with Gasteiger partial charge in [0.25, 0.3) is 0 Å². The van der Waals surface area contributed by atoms with Gasteiger partial charge < -0.3 is 34.9 Å². The SMILES string of the molecule is CC(=O)CCC(=O)CCc1ccc2c(=O)c3sc4c(=O)c5ccccc5c(=O)c4c3c(=O)c2c1.CC(C)(C)OC(=O)CCC(=O)CCc1ccc2c(=O)c3sc4c(=O)c5ccccc5c(=O)c4c3c(=O)c2c1.C[C@H](CO)[C@@H](O)[C@H](O)[C@@H](O)CN(C)C(=O)CCc1ccc2c(=O)c3sc4c(=O)c5ccccc5c(=O)c4c3c(=O)c2c1. The number of aliphatic hydroxyl groups excluding tert-OH is 4. The number of ketones is 3. The molecule has 0 aliphatic carbocycles. The van der Waals surface area contributed by atoms with Gasteiger partial charge in [-0.3, -0.25) is 76.7 Å². The van der Waals surface area contributed by atoms with Gasteiger partial charge in [0.1, 0.15) is 29.1 Å². The monoisotopic (exact) mass is 1590 g/mol. The number of fused-ring (bicyclic) bond motifs is 15. The van der Waals surface area contributed by atoms with Crippen LogP contribution in [0.1, 0.15) is 96.3 Å². The molecule has 0 saturated heterocycles. The lowest BCUT2D eigenvalue weighted by atomic mass is 9.96. The van der Waals surface area contributed by atoms with Gasteiger partial charge in [-0.25, -0.2) is 0 Å². The predicted octanol–water partition coefficient (Wildman–Crippen LogP) is 8.63. The van der Waals surface area contributed by atoms with Crippen LogP contribution in [0.15, 0.2) is 185 Å². The Hall–Kier alpha value is -11.8. The van der Waals surface area contributed by atoms with Gasteiger partial charge in [-0.1, -0.05) is 97.9 Å². The van der Waals surface area contributed by atoms with Gasteiger partial charge in [-0.15, -0.1) is 34.0 Å². The van der Waals surface area contributed by atoms with Crippen molar-refractivity contribution in [3.63, 3.8) is 0 Å². The molecule has 578 valence electrons. The number of hydrogen-bond acceptors (Lipinski definition) is 25. The number of aryl methyl sites for hydroxylation is 3. The summed E-state index contributed by atoms with van der Waals surface area (Å²) in [5.41, 5.74) is -3.85. The lowest BCUT2D eigenvalue weighted by Gasteiger charge is -2.29. The normalized spacial score (nSPS) is 13.0. The van der Waals surface area contributed by atoms with Crippen LogP contribution in [0.3, 0.4) is 0 Å².